The summed E-state index contributed by atoms with van der Waals surface area (Å²) in [5.41, 5.74) is 1.59. The molecule has 0 aliphatic rings. The molecular weight excluding hydrogens is 250 g/mol. The zero-order valence-electron chi connectivity index (χ0n) is 11.4. The summed E-state index contributed by atoms with van der Waals surface area (Å²) in [5.74, 6) is 0.507. The Morgan fingerprint density at radius 3 is 2.72 bits per heavy atom. The van der Waals surface area contributed by atoms with E-state index in [4.69, 9.17) is 11.6 Å². The summed E-state index contributed by atoms with van der Waals surface area (Å²) in [7, 11) is 0. The van der Waals surface area contributed by atoms with Crippen LogP contribution in [0.25, 0.3) is 0 Å². The van der Waals surface area contributed by atoms with Crippen LogP contribution in [0.3, 0.4) is 0 Å². The van der Waals surface area contributed by atoms with Crippen molar-refractivity contribution in [2.24, 2.45) is 0 Å². The number of aromatic nitrogens is 2. The molecule has 1 N–H and O–H groups in total. The Bertz CT molecular complexity index is 390. The zero-order chi connectivity index (χ0) is 13.5. The highest BCUT2D eigenvalue weighted by Crippen LogP contribution is 2.07. The van der Waals surface area contributed by atoms with E-state index in [1.54, 1.807) is 4.68 Å². The van der Waals surface area contributed by atoms with E-state index in [0.717, 1.165) is 25.0 Å². The average molecular weight is 272 g/mol. The number of halogens is 1. The van der Waals surface area contributed by atoms with Gasteiger partial charge in [0.2, 0.25) is 0 Å². The van der Waals surface area contributed by atoms with Gasteiger partial charge in [-0.25, -0.2) is 0 Å². The number of carbonyl (C=O) groups is 1. The van der Waals surface area contributed by atoms with E-state index >= 15 is 0 Å². The molecule has 18 heavy (non-hydrogen) atoms. The molecule has 1 rings (SSSR count). The Labute approximate surface area is 114 Å². The molecule has 0 aliphatic heterocycles. The van der Waals surface area contributed by atoms with Crippen molar-refractivity contribution >= 4 is 17.5 Å². The van der Waals surface area contributed by atoms with Gasteiger partial charge >= 0.3 is 0 Å². The molecule has 1 amide bonds. The van der Waals surface area contributed by atoms with Crippen molar-refractivity contribution in [3.63, 3.8) is 0 Å². The van der Waals surface area contributed by atoms with Gasteiger partial charge in [-0.05, 0) is 32.3 Å². The van der Waals surface area contributed by atoms with E-state index in [9.17, 15) is 4.79 Å². The standard InChI is InChI=1S/C13H22ClN3O/c1-4-10(7-8-14)15-13(18)12-9-11(5-2)16-17(12)6-3/h9-10H,4-8H2,1-3H3,(H,15,18). The fourth-order valence-corrected chi connectivity index (χ4v) is 2.10. The van der Waals surface area contributed by atoms with Crippen LogP contribution in [0.15, 0.2) is 6.07 Å². The van der Waals surface area contributed by atoms with Crippen molar-refractivity contribution in [1.82, 2.24) is 15.1 Å². The summed E-state index contributed by atoms with van der Waals surface area (Å²) >= 11 is 5.72. The van der Waals surface area contributed by atoms with Gasteiger partial charge in [-0.1, -0.05) is 13.8 Å². The number of aryl methyl sites for hydroxylation is 2. The molecule has 1 atom stereocenters. The predicted octanol–water partition coefficient (Wildman–Crippen LogP) is 2.60. The van der Waals surface area contributed by atoms with E-state index in [0.29, 0.717) is 18.1 Å². The molecule has 5 heteroatoms. The summed E-state index contributed by atoms with van der Waals surface area (Å²) < 4.78 is 1.75. The van der Waals surface area contributed by atoms with Crippen LogP contribution >= 0.6 is 11.6 Å². The molecule has 0 aliphatic carbocycles. The topological polar surface area (TPSA) is 46.9 Å². The molecule has 1 unspecified atom stereocenters. The maximum absolute atomic E-state index is 12.2. The molecular formula is C13H22ClN3O. The number of hydrogen-bond acceptors (Lipinski definition) is 2. The predicted molar refractivity (Wildman–Crippen MR) is 74.2 cm³/mol. The number of amides is 1. The van der Waals surface area contributed by atoms with Gasteiger partial charge in [0.25, 0.3) is 5.91 Å². The van der Waals surface area contributed by atoms with Crippen LogP contribution in [0.5, 0.6) is 0 Å². The zero-order valence-corrected chi connectivity index (χ0v) is 12.1. The highest BCUT2D eigenvalue weighted by molar-refractivity contribution is 6.17. The number of nitrogens with zero attached hydrogens (tertiary/aromatic N) is 2. The highest BCUT2D eigenvalue weighted by Gasteiger charge is 2.16. The number of alkyl halides is 1. The van der Waals surface area contributed by atoms with Gasteiger partial charge in [0.05, 0.1) is 5.69 Å². The monoisotopic (exact) mass is 271 g/mol. The van der Waals surface area contributed by atoms with Gasteiger partial charge in [-0.15, -0.1) is 11.6 Å². The first kappa shape index (κ1) is 15.0. The molecule has 1 aromatic heterocycles. The van der Waals surface area contributed by atoms with E-state index in [1.807, 2.05) is 26.8 Å². The number of carbonyl (C=O) groups excluding carboxylic acids is 1. The third-order valence-electron chi connectivity index (χ3n) is 3.01. The summed E-state index contributed by atoms with van der Waals surface area (Å²) in [6, 6.07) is 2.01. The SMILES string of the molecule is CCc1cc(C(=O)NC(CC)CCCl)n(CC)n1. The van der Waals surface area contributed by atoms with Crippen molar-refractivity contribution in [3.8, 4) is 0 Å². The Hall–Kier alpha value is -1.03. The Kier molecular flexibility index (Phi) is 6.19. The minimum absolute atomic E-state index is 0.0546. The van der Waals surface area contributed by atoms with E-state index in [1.165, 1.54) is 0 Å². The lowest BCUT2D eigenvalue weighted by molar-refractivity contribution is 0.0924. The lowest BCUT2D eigenvalue weighted by Crippen LogP contribution is -2.35. The van der Waals surface area contributed by atoms with Crippen molar-refractivity contribution in [2.75, 3.05) is 5.88 Å². The number of nitrogens with one attached hydrogen (secondary N) is 1. The minimum Gasteiger partial charge on any atom is -0.348 e. The largest absolute Gasteiger partial charge is 0.348 e. The molecule has 0 saturated carbocycles. The maximum atomic E-state index is 12.2. The van der Waals surface area contributed by atoms with E-state index in [-0.39, 0.29) is 11.9 Å². The second kappa shape index (κ2) is 7.41. The van der Waals surface area contributed by atoms with E-state index in [2.05, 4.69) is 10.4 Å². The molecule has 0 fully saturated rings. The third kappa shape index (κ3) is 3.73. The van der Waals surface area contributed by atoms with Crippen molar-refractivity contribution < 1.29 is 4.79 Å². The average Bonchev–Trinajstić information content (AvgIpc) is 2.81. The fourth-order valence-electron chi connectivity index (χ4n) is 1.84. The van der Waals surface area contributed by atoms with Crippen molar-refractivity contribution in [3.05, 3.63) is 17.5 Å². The lowest BCUT2D eigenvalue weighted by Gasteiger charge is -2.15. The summed E-state index contributed by atoms with van der Waals surface area (Å²) in [6.45, 7) is 6.77. The smallest absolute Gasteiger partial charge is 0.269 e. The molecule has 0 aromatic carbocycles. The van der Waals surface area contributed by atoms with Crippen LogP contribution in [0.4, 0.5) is 0 Å². The van der Waals surface area contributed by atoms with Crippen LogP contribution in [0.2, 0.25) is 0 Å². The van der Waals surface area contributed by atoms with Gasteiger partial charge < -0.3 is 5.32 Å². The van der Waals surface area contributed by atoms with Crippen LogP contribution in [0.1, 0.15) is 49.8 Å². The van der Waals surface area contributed by atoms with E-state index < -0.39 is 0 Å². The van der Waals surface area contributed by atoms with Gasteiger partial charge in [0, 0.05) is 18.5 Å². The summed E-state index contributed by atoms with van der Waals surface area (Å²) in [6.07, 6.45) is 2.52. The molecule has 0 spiro atoms. The maximum Gasteiger partial charge on any atom is 0.269 e. The van der Waals surface area contributed by atoms with Crippen LogP contribution in [0, 0.1) is 0 Å². The first-order valence-corrected chi connectivity index (χ1v) is 7.13. The highest BCUT2D eigenvalue weighted by atomic mass is 35.5. The molecule has 0 radical (unpaired) electrons. The normalized spacial score (nSPS) is 12.4. The number of rotatable bonds is 7. The number of hydrogen-bond donors (Lipinski definition) is 1. The van der Waals surface area contributed by atoms with Gasteiger partial charge in [0.15, 0.2) is 0 Å². The Morgan fingerprint density at radius 2 is 2.22 bits per heavy atom. The summed E-state index contributed by atoms with van der Waals surface area (Å²) in [4.78, 5) is 12.2. The minimum atomic E-state index is -0.0546. The second-order valence-electron chi connectivity index (χ2n) is 4.25. The van der Waals surface area contributed by atoms with Gasteiger partial charge in [-0.3, -0.25) is 9.48 Å². The van der Waals surface area contributed by atoms with Crippen LogP contribution in [-0.2, 0) is 13.0 Å². The Balaban J connectivity index is 2.79. The van der Waals surface area contributed by atoms with Crippen LogP contribution in [-0.4, -0.2) is 27.6 Å². The molecule has 1 heterocycles. The first-order chi connectivity index (χ1) is 8.65. The van der Waals surface area contributed by atoms with Crippen molar-refractivity contribution in [1.29, 1.82) is 0 Å². The van der Waals surface area contributed by atoms with Gasteiger partial charge in [0.1, 0.15) is 5.69 Å². The molecule has 0 bridgehead atoms. The Morgan fingerprint density at radius 1 is 1.50 bits per heavy atom. The summed E-state index contributed by atoms with van der Waals surface area (Å²) in [5, 5.41) is 7.39. The molecule has 4 nitrogen and oxygen atoms in total. The van der Waals surface area contributed by atoms with Crippen molar-refractivity contribution in [2.45, 2.75) is 52.6 Å². The lowest BCUT2D eigenvalue weighted by atomic mass is 10.1. The first-order valence-electron chi connectivity index (χ1n) is 6.59. The molecule has 1 aromatic rings. The second-order valence-corrected chi connectivity index (χ2v) is 4.62. The molecule has 0 saturated heterocycles. The van der Waals surface area contributed by atoms with Gasteiger partial charge in [-0.2, -0.15) is 5.10 Å². The third-order valence-corrected chi connectivity index (χ3v) is 3.23. The molecule has 102 valence electrons. The fraction of sp³-hybridized carbons (Fsp3) is 0.692. The van der Waals surface area contributed by atoms with Crippen LogP contribution < -0.4 is 5.32 Å². The quantitative estimate of drug-likeness (QED) is 0.775.